The molecule has 0 aliphatic carbocycles. The molecule has 0 atom stereocenters. The van der Waals surface area contributed by atoms with Crippen LogP contribution in [0.5, 0.6) is 0 Å². The Morgan fingerprint density at radius 2 is 0.622 bits per heavy atom. The first-order valence-electron chi connectivity index (χ1n) is 30.8. The molecule has 6 aromatic heterocycles. The molecular formula is C84H50N4OS. The molecule has 5 nitrogen and oxygen atoms in total. The van der Waals surface area contributed by atoms with Gasteiger partial charge >= 0.3 is 0 Å². The molecule has 0 aliphatic heterocycles. The zero-order valence-electron chi connectivity index (χ0n) is 48.5. The molecule has 0 bridgehead atoms. The second kappa shape index (κ2) is 18.9. The predicted octanol–water partition coefficient (Wildman–Crippen LogP) is 23.3. The maximum Gasteiger partial charge on any atom is 0.159 e. The Hall–Kier alpha value is -11.7. The maximum atomic E-state index is 6.97. The van der Waals surface area contributed by atoms with Gasteiger partial charge in [-0.3, -0.25) is 0 Å². The van der Waals surface area contributed by atoms with Gasteiger partial charge in [0.1, 0.15) is 5.58 Å². The summed E-state index contributed by atoms with van der Waals surface area (Å²) in [7, 11) is 0. The van der Waals surface area contributed by atoms with Gasteiger partial charge in [-0.05, 0) is 161 Å². The molecule has 0 aliphatic rings. The van der Waals surface area contributed by atoms with E-state index in [0.717, 1.165) is 72.2 Å². The van der Waals surface area contributed by atoms with Crippen molar-refractivity contribution in [2.75, 3.05) is 0 Å². The van der Waals surface area contributed by atoms with Crippen LogP contribution in [0.15, 0.2) is 308 Å². The van der Waals surface area contributed by atoms with Crippen molar-refractivity contribution in [2.45, 2.75) is 0 Å². The smallest absolute Gasteiger partial charge is 0.159 e. The normalized spacial score (nSPS) is 12.2. The number of hydrogen-bond donors (Lipinski definition) is 0. The fourth-order valence-corrected chi connectivity index (χ4v) is 16.3. The fraction of sp³-hybridized carbons (Fsp3) is 0. The quantitative estimate of drug-likeness (QED) is 0.157. The van der Waals surface area contributed by atoms with Crippen molar-refractivity contribution in [1.29, 1.82) is 0 Å². The van der Waals surface area contributed by atoms with Crippen LogP contribution in [0.4, 0.5) is 0 Å². The number of rotatable bonds is 7. The fourth-order valence-electron chi connectivity index (χ4n) is 15.1. The highest BCUT2D eigenvalue weighted by molar-refractivity contribution is 7.26. The summed E-state index contributed by atoms with van der Waals surface area (Å²) in [5, 5.41) is 14.5. The van der Waals surface area contributed by atoms with Crippen LogP contribution in [-0.4, -0.2) is 18.3 Å². The summed E-state index contributed by atoms with van der Waals surface area (Å²) in [5.74, 6) is 0. The first-order chi connectivity index (χ1) is 44.6. The van der Waals surface area contributed by atoms with Crippen molar-refractivity contribution in [3.63, 3.8) is 0 Å². The first-order valence-corrected chi connectivity index (χ1v) is 31.6. The minimum Gasteiger partial charge on any atom is -0.454 e. The van der Waals surface area contributed by atoms with Crippen molar-refractivity contribution >= 4 is 141 Å². The van der Waals surface area contributed by atoms with Gasteiger partial charge in [0.2, 0.25) is 0 Å². The van der Waals surface area contributed by atoms with E-state index in [1.807, 2.05) is 11.3 Å². The number of thiophene rings is 1. The Labute approximate surface area is 519 Å². The number of hydrogen-bond acceptors (Lipinski definition) is 2. The number of furan rings is 1. The van der Waals surface area contributed by atoms with E-state index in [2.05, 4.69) is 322 Å². The molecular weight excluding hydrogens is 1110 g/mol. The predicted molar refractivity (Wildman–Crippen MR) is 380 cm³/mol. The Balaban J connectivity index is 0.714. The minimum absolute atomic E-state index is 0.857. The molecule has 0 spiro atoms. The third-order valence-electron chi connectivity index (χ3n) is 19.1. The highest BCUT2D eigenvalue weighted by Gasteiger charge is 2.23. The molecule has 90 heavy (non-hydrogen) atoms. The highest BCUT2D eigenvalue weighted by atomic mass is 32.1. The summed E-state index contributed by atoms with van der Waals surface area (Å²) < 4.78 is 19.3. The Morgan fingerprint density at radius 1 is 0.222 bits per heavy atom. The average molecular weight is 1160 g/mol. The summed E-state index contributed by atoms with van der Waals surface area (Å²) in [6.07, 6.45) is 0. The van der Waals surface area contributed by atoms with Gasteiger partial charge < -0.3 is 22.7 Å². The molecule has 6 heterocycles. The van der Waals surface area contributed by atoms with Crippen LogP contribution in [-0.2, 0) is 0 Å². The largest absolute Gasteiger partial charge is 0.454 e. The standard InChI is InChI=1S/C84H50N4OS/c1-2-19-57(20-3-1)85-71-29-10-4-22-59(71)66-45-52(36-40-75(66)85)55-39-43-78-69(48-55)62-25-7-13-32-74(62)88(78)80-50-56(49-70-63-26-8-14-34-81(63)89-83(70)80)51-18-16-21-58(44-51)86-72-30-11-5-23-60(72)67-46-53(37-41-76(67)86)54-38-42-77-68(47-54)61-24-6-12-31-73(61)87(77)79-33-17-28-65-64-27-9-15-35-82(64)90-84(65)79/h1-50H. The zero-order valence-corrected chi connectivity index (χ0v) is 49.3. The average Bonchev–Trinajstić information content (AvgIpc) is 2.36. The van der Waals surface area contributed by atoms with Gasteiger partial charge in [0, 0.05) is 80.7 Å². The molecule has 418 valence electrons. The summed E-state index contributed by atoms with van der Waals surface area (Å²) >= 11 is 1.88. The number of benzene rings is 14. The third-order valence-corrected chi connectivity index (χ3v) is 20.3. The molecule has 0 unspecified atom stereocenters. The Kier molecular flexibility index (Phi) is 10.4. The Bertz CT molecular complexity index is 6420. The van der Waals surface area contributed by atoms with Gasteiger partial charge in [0.15, 0.2) is 5.58 Å². The molecule has 20 aromatic rings. The summed E-state index contributed by atoms with van der Waals surface area (Å²) in [6.45, 7) is 0. The van der Waals surface area contributed by atoms with Crippen molar-refractivity contribution in [1.82, 2.24) is 18.3 Å². The highest BCUT2D eigenvalue weighted by Crippen LogP contribution is 2.46. The van der Waals surface area contributed by atoms with Crippen LogP contribution in [0, 0.1) is 0 Å². The van der Waals surface area contributed by atoms with Crippen molar-refractivity contribution in [2.24, 2.45) is 0 Å². The number of para-hydroxylation sites is 6. The molecule has 14 aromatic carbocycles. The van der Waals surface area contributed by atoms with Crippen LogP contribution in [0.1, 0.15) is 0 Å². The zero-order chi connectivity index (χ0) is 58.7. The van der Waals surface area contributed by atoms with Gasteiger partial charge in [-0.25, -0.2) is 0 Å². The lowest BCUT2D eigenvalue weighted by Crippen LogP contribution is -1.97. The molecule has 0 saturated carbocycles. The van der Waals surface area contributed by atoms with Gasteiger partial charge in [0.25, 0.3) is 0 Å². The van der Waals surface area contributed by atoms with E-state index >= 15 is 0 Å². The molecule has 0 fully saturated rings. The summed E-state index contributed by atoms with van der Waals surface area (Å²) in [6, 6.07) is 112. The third kappa shape index (κ3) is 7.13. The van der Waals surface area contributed by atoms with Crippen LogP contribution < -0.4 is 0 Å². The van der Waals surface area contributed by atoms with E-state index in [1.165, 1.54) is 113 Å². The molecule has 0 amide bonds. The van der Waals surface area contributed by atoms with E-state index in [9.17, 15) is 0 Å². The van der Waals surface area contributed by atoms with Crippen molar-refractivity contribution in [3.8, 4) is 56.1 Å². The van der Waals surface area contributed by atoms with E-state index < -0.39 is 0 Å². The lowest BCUT2D eigenvalue weighted by molar-refractivity contribution is 0.666. The van der Waals surface area contributed by atoms with Crippen LogP contribution in [0.3, 0.4) is 0 Å². The SMILES string of the molecule is c1ccc(-n2c3ccccc3c3cc(-c4ccc5c(c4)c4ccccc4n5-c4cc(-c5cccc(-n6c7ccccc7c7cc(-c8ccc9c(c8)c8ccccc8n9-c8cccc9c8sc8ccccc89)ccc76)c5)cc5c4oc4ccccc45)ccc32)cc1. The molecule has 0 N–H and O–H groups in total. The number of nitrogens with zero attached hydrogens (tertiary/aromatic N) is 4. The van der Waals surface area contributed by atoms with Crippen LogP contribution >= 0.6 is 11.3 Å². The topological polar surface area (TPSA) is 32.9 Å². The molecule has 6 heteroatoms. The minimum atomic E-state index is 0.857. The summed E-state index contributed by atoms with van der Waals surface area (Å²) in [4.78, 5) is 0. The van der Waals surface area contributed by atoms with Crippen LogP contribution in [0.25, 0.3) is 185 Å². The lowest BCUT2D eigenvalue weighted by Gasteiger charge is -2.14. The van der Waals surface area contributed by atoms with Gasteiger partial charge in [0.05, 0.1) is 60.2 Å². The lowest BCUT2D eigenvalue weighted by atomic mass is 10.00. The van der Waals surface area contributed by atoms with E-state index in [4.69, 9.17) is 4.42 Å². The maximum absolute atomic E-state index is 6.97. The molecule has 0 radical (unpaired) electrons. The van der Waals surface area contributed by atoms with E-state index in [0.29, 0.717) is 0 Å². The van der Waals surface area contributed by atoms with Crippen LogP contribution in [0.2, 0.25) is 0 Å². The van der Waals surface area contributed by atoms with Crippen molar-refractivity contribution < 1.29 is 4.42 Å². The monoisotopic (exact) mass is 1160 g/mol. The second-order valence-corrected chi connectivity index (χ2v) is 25.0. The number of aromatic nitrogens is 4. The van der Waals surface area contributed by atoms with Crippen molar-refractivity contribution in [3.05, 3.63) is 303 Å². The Morgan fingerprint density at radius 3 is 1.20 bits per heavy atom. The second-order valence-electron chi connectivity index (χ2n) is 23.9. The summed E-state index contributed by atoms with van der Waals surface area (Å²) in [5.41, 5.74) is 22.5. The first kappa shape index (κ1) is 49.4. The molecule has 0 saturated heterocycles. The number of fused-ring (bicyclic) bond motifs is 18. The van der Waals surface area contributed by atoms with E-state index in [1.54, 1.807) is 0 Å². The van der Waals surface area contributed by atoms with Gasteiger partial charge in [-0.2, -0.15) is 0 Å². The molecule has 20 rings (SSSR count). The van der Waals surface area contributed by atoms with Gasteiger partial charge in [-0.1, -0.05) is 176 Å². The van der Waals surface area contributed by atoms with Gasteiger partial charge in [-0.15, -0.1) is 11.3 Å². The van der Waals surface area contributed by atoms with E-state index in [-0.39, 0.29) is 0 Å².